The number of nitrogens with zero attached hydrogens (tertiary/aromatic N) is 3. The molecule has 0 aliphatic heterocycles. The Morgan fingerprint density at radius 1 is 1.53 bits per heavy atom. The number of unbranched alkanes of at least 4 members (excludes halogenated alkanes) is 2. The zero-order valence-corrected chi connectivity index (χ0v) is 10.9. The topological polar surface area (TPSA) is 125 Å². The summed E-state index contributed by atoms with van der Waals surface area (Å²) < 4.78 is 27.0. The van der Waals surface area contributed by atoms with Crippen LogP contribution in [0.1, 0.15) is 19.3 Å². The van der Waals surface area contributed by atoms with Crippen LogP contribution in [-0.4, -0.2) is 35.8 Å². The van der Waals surface area contributed by atoms with E-state index in [-0.39, 0.29) is 11.4 Å². The first-order chi connectivity index (χ1) is 8.95. The van der Waals surface area contributed by atoms with Gasteiger partial charge in [0.2, 0.25) is 10.0 Å². The fourth-order valence-electron chi connectivity index (χ4n) is 1.33. The van der Waals surface area contributed by atoms with Gasteiger partial charge in [0.25, 0.3) is 0 Å². The molecular formula is C10H14N4O4S. The molecule has 2 N–H and O–H groups in total. The highest BCUT2D eigenvalue weighted by Crippen LogP contribution is 2.07. The van der Waals surface area contributed by atoms with E-state index in [9.17, 15) is 13.2 Å². The summed E-state index contributed by atoms with van der Waals surface area (Å²) >= 11 is 0. The van der Waals surface area contributed by atoms with Crippen LogP contribution in [-0.2, 0) is 21.4 Å². The molecule has 0 saturated carbocycles. The number of aliphatic carboxylic acids is 1. The Labute approximate surface area is 110 Å². The minimum absolute atomic E-state index is 0.0750. The molecule has 0 saturated heterocycles. The van der Waals surface area contributed by atoms with Crippen LogP contribution in [0.25, 0.3) is 0 Å². The second kappa shape index (κ2) is 6.86. The molecule has 8 nitrogen and oxygen atoms in total. The molecule has 0 aliphatic rings. The van der Waals surface area contributed by atoms with Crippen LogP contribution in [0, 0.1) is 11.3 Å². The maximum atomic E-state index is 11.8. The molecule has 0 spiro atoms. The van der Waals surface area contributed by atoms with Crippen LogP contribution in [0.4, 0.5) is 0 Å². The van der Waals surface area contributed by atoms with Crippen LogP contribution < -0.4 is 4.72 Å². The number of hydrogen-bond acceptors (Lipinski definition) is 5. The summed E-state index contributed by atoms with van der Waals surface area (Å²) in [6, 6.07) is 1.97. The molecule has 0 aliphatic carbocycles. The summed E-state index contributed by atoms with van der Waals surface area (Å²) in [4.78, 5) is 10.4. The molecule has 19 heavy (non-hydrogen) atoms. The number of nitrogens with one attached hydrogen (secondary N) is 1. The molecule has 0 radical (unpaired) electrons. The SMILES string of the molecule is N#CCCCCNS(=O)(=O)c1cnn(CC(=O)O)c1. The van der Waals surface area contributed by atoms with E-state index in [1.165, 1.54) is 0 Å². The first kappa shape index (κ1) is 15.1. The molecule has 1 aromatic rings. The molecule has 9 heteroatoms. The summed E-state index contributed by atoms with van der Waals surface area (Å²) in [5, 5.41) is 20.5. The van der Waals surface area contributed by atoms with Gasteiger partial charge >= 0.3 is 5.97 Å². The zero-order chi connectivity index (χ0) is 14.3. The van der Waals surface area contributed by atoms with Crippen molar-refractivity contribution >= 4 is 16.0 Å². The van der Waals surface area contributed by atoms with Crippen molar-refractivity contribution in [2.24, 2.45) is 0 Å². The third-order valence-electron chi connectivity index (χ3n) is 2.22. The summed E-state index contributed by atoms with van der Waals surface area (Å²) in [7, 11) is -3.67. The largest absolute Gasteiger partial charge is 0.480 e. The minimum atomic E-state index is -3.67. The van der Waals surface area contributed by atoms with Crippen LogP contribution in [0.2, 0.25) is 0 Å². The van der Waals surface area contributed by atoms with Crippen molar-refractivity contribution in [3.63, 3.8) is 0 Å². The van der Waals surface area contributed by atoms with Crippen LogP contribution in [0.5, 0.6) is 0 Å². The van der Waals surface area contributed by atoms with E-state index in [0.717, 1.165) is 17.1 Å². The summed E-state index contributed by atoms with van der Waals surface area (Å²) in [5.41, 5.74) is 0. The van der Waals surface area contributed by atoms with Crippen LogP contribution >= 0.6 is 0 Å². The molecule has 1 aromatic heterocycles. The Morgan fingerprint density at radius 3 is 2.89 bits per heavy atom. The van der Waals surface area contributed by atoms with Crippen molar-refractivity contribution in [3.05, 3.63) is 12.4 Å². The Bertz CT molecular complexity index is 573. The first-order valence-corrected chi connectivity index (χ1v) is 7.05. The summed E-state index contributed by atoms with van der Waals surface area (Å²) in [6.07, 6.45) is 3.83. The lowest BCUT2D eigenvalue weighted by Gasteiger charge is -2.03. The second-order valence-corrected chi connectivity index (χ2v) is 5.55. The van der Waals surface area contributed by atoms with E-state index < -0.39 is 22.5 Å². The van der Waals surface area contributed by atoms with Crippen molar-refractivity contribution in [2.45, 2.75) is 30.7 Å². The van der Waals surface area contributed by atoms with Gasteiger partial charge in [-0.15, -0.1) is 0 Å². The molecular weight excluding hydrogens is 272 g/mol. The fourth-order valence-corrected chi connectivity index (χ4v) is 2.35. The first-order valence-electron chi connectivity index (χ1n) is 5.56. The summed E-state index contributed by atoms with van der Waals surface area (Å²) in [6.45, 7) is -0.161. The van der Waals surface area contributed by atoms with Crippen molar-refractivity contribution in [1.29, 1.82) is 5.26 Å². The number of aromatic nitrogens is 2. The van der Waals surface area contributed by atoms with E-state index in [4.69, 9.17) is 10.4 Å². The highest BCUT2D eigenvalue weighted by atomic mass is 32.2. The molecule has 0 amide bonds. The van der Waals surface area contributed by atoms with E-state index in [1.807, 2.05) is 6.07 Å². The monoisotopic (exact) mass is 286 g/mol. The number of sulfonamides is 1. The molecule has 0 aromatic carbocycles. The lowest BCUT2D eigenvalue weighted by Crippen LogP contribution is -2.24. The lowest BCUT2D eigenvalue weighted by molar-refractivity contribution is -0.137. The van der Waals surface area contributed by atoms with Gasteiger partial charge in [0.05, 0.1) is 12.3 Å². The Morgan fingerprint density at radius 2 is 2.26 bits per heavy atom. The van der Waals surface area contributed by atoms with Gasteiger partial charge in [-0.3, -0.25) is 9.48 Å². The predicted octanol–water partition coefficient (Wildman–Crippen LogP) is -0.0601. The molecule has 104 valence electrons. The van der Waals surface area contributed by atoms with Gasteiger partial charge in [-0.25, -0.2) is 13.1 Å². The Hall–Kier alpha value is -1.92. The normalized spacial score (nSPS) is 11.1. The van der Waals surface area contributed by atoms with Crippen molar-refractivity contribution in [2.75, 3.05) is 6.54 Å². The molecule has 0 atom stereocenters. The number of carbonyl (C=O) groups is 1. The summed E-state index contributed by atoms with van der Waals surface area (Å²) in [5.74, 6) is -1.10. The van der Waals surface area contributed by atoms with Gasteiger partial charge in [0, 0.05) is 19.2 Å². The minimum Gasteiger partial charge on any atom is -0.480 e. The second-order valence-electron chi connectivity index (χ2n) is 3.78. The van der Waals surface area contributed by atoms with Crippen molar-refractivity contribution in [3.8, 4) is 6.07 Å². The van der Waals surface area contributed by atoms with E-state index in [0.29, 0.717) is 19.3 Å². The average Bonchev–Trinajstić information content (AvgIpc) is 2.77. The quantitative estimate of drug-likeness (QED) is 0.645. The predicted molar refractivity (Wildman–Crippen MR) is 64.5 cm³/mol. The molecule has 0 unspecified atom stereocenters. The zero-order valence-electron chi connectivity index (χ0n) is 10.1. The van der Waals surface area contributed by atoms with Crippen molar-refractivity contribution in [1.82, 2.24) is 14.5 Å². The smallest absolute Gasteiger partial charge is 0.325 e. The number of carboxylic acid groups (broad SMARTS) is 1. The lowest BCUT2D eigenvalue weighted by atomic mass is 10.2. The average molecular weight is 286 g/mol. The molecule has 1 rings (SSSR count). The van der Waals surface area contributed by atoms with Gasteiger partial charge in [-0.05, 0) is 12.8 Å². The van der Waals surface area contributed by atoms with Gasteiger partial charge in [-0.2, -0.15) is 10.4 Å². The van der Waals surface area contributed by atoms with Gasteiger partial charge in [0.1, 0.15) is 11.4 Å². The fraction of sp³-hybridized carbons (Fsp3) is 0.500. The third kappa shape index (κ3) is 5.07. The molecule has 0 fully saturated rings. The van der Waals surface area contributed by atoms with E-state index in [1.54, 1.807) is 0 Å². The van der Waals surface area contributed by atoms with Gasteiger partial charge < -0.3 is 5.11 Å². The van der Waals surface area contributed by atoms with E-state index >= 15 is 0 Å². The van der Waals surface area contributed by atoms with Crippen LogP contribution in [0.3, 0.4) is 0 Å². The number of nitriles is 1. The highest BCUT2D eigenvalue weighted by molar-refractivity contribution is 7.89. The number of hydrogen-bond donors (Lipinski definition) is 2. The maximum absolute atomic E-state index is 11.8. The third-order valence-corrected chi connectivity index (χ3v) is 3.64. The van der Waals surface area contributed by atoms with Gasteiger partial charge in [0.15, 0.2) is 0 Å². The van der Waals surface area contributed by atoms with Crippen LogP contribution in [0.15, 0.2) is 17.3 Å². The van der Waals surface area contributed by atoms with E-state index in [2.05, 4.69) is 9.82 Å². The molecule has 0 bridgehead atoms. The highest BCUT2D eigenvalue weighted by Gasteiger charge is 2.16. The van der Waals surface area contributed by atoms with Gasteiger partial charge in [-0.1, -0.05) is 0 Å². The molecule has 1 heterocycles. The number of rotatable bonds is 8. The Kier molecular flexibility index (Phi) is 5.47. The van der Waals surface area contributed by atoms with Crippen molar-refractivity contribution < 1.29 is 18.3 Å². The number of carboxylic acids is 1. The Balaban J connectivity index is 2.55. The standard InChI is InChI=1S/C10H14N4O4S/c11-4-2-1-3-5-13-19(17,18)9-6-12-14(7-9)8-10(15)16/h6-7,13H,1-3,5,8H2,(H,15,16). The maximum Gasteiger partial charge on any atom is 0.325 e.